The molecule has 1 aromatic rings. The summed E-state index contributed by atoms with van der Waals surface area (Å²) in [6, 6.07) is 7.50. The van der Waals surface area contributed by atoms with Gasteiger partial charge in [-0.05, 0) is 32.5 Å². The summed E-state index contributed by atoms with van der Waals surface area (Å²) in [5.74, 6) is 5.37. The van der Waals surface area contributed by atoms with Crippen LogP contribution in [-0.2, 0) is 4.74 Å². The maximum Gasteiger partial charge on any atom is 0.268 e. The van der Waals surface area contributed by atoms with Gasteiger partial charge in [0, 0.05) is 19.2 Å². The zero-order valence-electron chi connectivity index (χ0n) is 12.5. The fourth-order valence-electron chi connectivity index (χ4n) is 2.62. The Morgan fingerprint density at radius 2 is 2.29 bits per heavy atom. The highest BCUT2D eigenvalue weighted by Crippen LogP contribution is 2.19. The molecule has 0 aliphatic carbocycles. The molecule has 0 bridgehead atoms. The zero-order valence-corrected chi connectivity index (χ0v) is 12.5. The second kappa shape index (κ2) is 7.40. The van der Waals surface area contributed by atoms with Crippen LogP contribution in [0.25, 0.3) is 0 Å². The van der Waals surface area contributed by atoms with E-state index in [0.717, 1.165) is 19.6 Å². The molecule has 0 radical (unpaired) electrons. The van der Waals surface area contributed by atoms with Crippen molar-refractivity contribution in [1.29, 1.82) is 0 Å². The number of nitrogens with one attached hydrogen (secondary N) is 1. The van der Waals surface area contributed by atoms with Crippen molar-refractivity contribution in [2.75, 3.05) is 26.8 Å². The third-order valence-electron chi connectivity index (χ3n) is 3.87. The van der Waals surface area contributed by atoms with Gasteiger partial charge in [-0.3, -0.25) is 15.1 Å². The van der Waals surface area contributed by atoms with Crippen molar-refractivity contribution in [2.24, 2.45) is 5.84 Å². The number of nitrogens with zero attached hydrogens (tertiary/aromatic N) is 1. The van der Waals surface area contributed by atoms with E-state index in [1.54, 1.807) is 18.2 Å². The third-order valence-corrected chi connectivity index (χ3v) is 3.87. The summed E-state index contributed by atoms with van der Waals surface area (Å²) in [6.07, 6.45) is 1.30. The van der Waals surface area contributed by atoms with Crippen LogP contribution in [0.15, 0.2) is 24.3 Å². The first-order valence-corrected chi connectivity index (χ1v) is 7.18. The molecule has 0 saturated carbocycles. The minimum atomic E-state index is -0.350. The lowest BCUT2D eigenvalue weighted by Gasteiger charge is -2.26. The highest BCUT2D eigenvalue weighted by atomic mass is 16.5. The van der Waals surface area contributed by atoms with Crippen molar-refractivity contribution in [3.63, 3.8) is 0 Å². The number of hydrogen-bond donors (Lipinski definition) is 2. The Kier molecular flexibility index (Phi) is 5.55. The molecule has 2 rings (SSSR count). The highest BCUT2D eigenvalue weighted by molar-refractivity contribution is 5.96. The molecule has 1 amide bonds. The van der Waals surface area contributed by atoms with Gasteiger partial charge in [0.1, 0.15) is 12.4 Å². The van der Waals surface area contributed by atoms with Crippen LogP contribution in [0.2, 0.25) is 0 Å². The minimum absolute atomic E-state index is 0.255. The standard InChI is InChI=1S/C15H23N3O3/c1-11-13(7-9-20-11)18(2)8-10-21-14-6-4-3-5-12(14)15(19)17-16/h3-6,11,13H,7-10,16H2,1-2H3,(H,17,19). The van der Waals surface area contributed by atoms with E-state index in [4.69, 9.17) is 15.3 Å². The van der Waals surface area contributed by atoms with Crippen LogP contribution >= 0.6 is 0 Å². The SMILES string of the molecule is CC1OCCC1N(C)CCOc1ccccc1C(=O)NN. The lowest BCUT2D eigenvalue weighted by atomic mass is 10.1. The topological polar surface area (TPSA) is 76.8 Å². The molecule has 2 unspecified atom stereocenters. The molecule has 21 heavy (non-hydrogen) atoms. The first-order chi connectivity index (χ1) is 10.1. The number of rotatable bonds is 6. The monoisotopic (exact) mass is 293 g/mol. The largest absolute Gasteiger partial charge is 0.491 e. The number of para-hydroxylation sites is 1. The van der Waals surface area contributed by atoms with E-state index in [9.17, 15) is 4.79 Å². The molecule has 0 aromatic heterocycles. The van der Waals surface area contributed by atoms with E-state index < -0.39 is 0 Å². The number of nitrogen functional groups attached to an aromatic ring is 1. The van der Waals surface area contributed by atoms with E-state index in [0.29, 0.717) is 24.0 Å². The van der Waals surface area contributed by atoms with Gasteiger partial charge in [-0.25, -0.2) is 5.84 Å². The Bertz CT molecular complexity index is 481. The molecule has 1 aromatic carbocycles. The molecule has 0 spiro atoms. The van der Waals surface area contributed by atoms with E-state index >= 15 is 0 Å². The summed E-state index contributed by atoms with van der Waals surface area (Å²) < 4.78 is 11.3. The minimum Gasteiger partial charge on any atom is -0.491 e. The molecule has 6 heteroatoms. The predicted molar refractivity (Wildman–Crippen MR) is 80.0 cm³/mol. The molecule has 2 atom stereocenters. The summed E-state index contributed by atoms with van der Waals surface area (Å²) in [7, 11) is 2.07. The van der Waals surface area contributed by atoms with Gasteiger partial charge in [0.05, 0.1) is 11.7 Å². The van der Waals surface area contributed by atoms with Crippen LogP contribution in [0.3, 0.4) is 0 Å². The second-order valence-electron chi connectivity index (χ2n) is 5.23. The van der Waals surface area contributed by atoms with Crippen LogP contribution in [0.5, 0.6) is 5.75 Å². The molecule has 1 aliphatic rings. The molecule has 1 fully saturated rings. The number of carbonyl (C=O) groups excluding carboxylic acids is 1. The van der Waals surface area contributed by atoms with E-state index in [-0.39, 0.29) is 12.0 Å². The van der Waals surface area contributed by atoms with Gasteiger partial charge in [-0.15, -0.1) is 0 Å². The number of carbonyl (C=O) groups is 1. The first kappa shape index (κ1) is 15.8. The zero-order chi connectivity index (χ0) is 15.2. The molecule has 1 aliphatic heterocycles. The maximum atomic E-state index is 11.6. The summed E-state index contributed by atoms with van der Waals surface area (Å²) in [4.78, 5) is 13.9. The summed E-state index contributed by atoms with van der Waals surface area (Å²) in [5.41, 5.74) is 2.57. The number of hydrazine groups is 1. The summed E-state index contributed by atoms with van der Waals surface area (Å²) in [5, 5.41) is 0. The number of benzene rings is 1. The molecular weight excluding hydrogens is 270 g/mol. The molecule has 1 heterocycles. The van der Waals surface area contributed by atoms with E-state index in [2.05, 4.69) is 24.3 Å². The Balaban J connectivity index is 1.87. The lowest BCUT2D eigenvalue weighted by molar-refractivity contribution is 0.0785. The van der Waals surface area contributed by atoms with Crippen molar-refractivity contribution in [2.45, 2.75) is 25.5 Å². The van der Waals surface area contributed by atoms with Gasteiger partial charge in [0.15, 0.2) is 0 Å². The van der Waals surface area contributed by atoms with Crippen LogP contribution in [-0.4, -0.2) is 49.8 Å². The quantitative estimate of drug-likeness (QED) is 0.460. The smallest absolute Gasteiger partial charge is 0.268 e. The van der Waals surface area contributed by atoms with Crippen molar-refractivity contribution in [3.8, 4) is 5.75 Å². The van der Waals surface area contributed by atoms with E-state index in [1.807, 2.05) is 6.07 Å². The number of amides is 1. The van der Waals surface area contributed by atoms with Gasteiger partial charge in [-0.2, -0.15) is 0 Å². The Morgan fingerprint density at radius 1 is 1.52 bits per heavy atom. The molecule has 116 valence electrons. The Labute approximate surface area is 125 Å². The maximum absolute atomic E-state index is 11.6. The molecular formula is C15H23N3O3. The first-order valence-electron chi connectivity index (χ1n) is 7.18. The average molecular weight is 293 g/mol. The fraction of sp³-hybridized carbons (Fsp3) is 0.533. The second-order valence-corrected chi connectivity index (χ2v) is 5.23. The summed E-state index contributed by atoms with van der Waals surface area (Å²) >= 11 is 0. The van der Waals surface area contributed by atoms with E-state index in [1.165, 1.54) is 0 Å². The Morgan fingerprint density at radius 3 is 2.95 bits per heavy atom. The molecule has 3 N–H and O–H groups in total. The predicted octanol–water partition coefficient (Wildman–Crippen LogP) is 0.778. The fourth-order valence-corrected chi connectivity index (χ4v) is 2.62. The van der Waals surface area contributed by atoms with Gasteiger partial charge in [0.25, 0.3) is 5.91 Å². The van der Waals surface area contributed by atoms with Crippen molar-refractivity contribution < 1.29 is 14.3 Å². The number of nitrogens with two attached hydrogens (primary N) is 1. The van der Waals surface area contributed by atoms with Crippen LogP contribution in [0, 0.1) is 0 Å². The number of likely N-dealkylation sites (N-methyl/N-ethyl adjacent to an activating group) is 1. The Hall–Kier alpha value is -1.63. The van der Waals surface area contributed by atoms with Crippen LogP contribution in [0.4, 0.5) is 0 Å². The van der Waals surface area contributed by atoms with Gasteiger partial charge < -0.3 is 9.47 Å². The lowest BCUT2D eigenvalue weighted by Crippen LogP contribution is -2.39. The highest BCUT2D eigenvalue weighted by Gasteiger charge is 2.27. The van der Waals surface area contributed by atoms with Gasteiger partial charge >= 0.3 is 0 Å². The number of ether oxygens (including phenoxy) is 2. The van der Waals surface area contributed by atoms with Crippen molar-refractivity contribution >= 4 is 5.91 Å². The van der Waals surface area contributed by atoms with Gasteiger partial charge in [-0.1, -0.05) is 12.1 Å². The van der Waals surface area contributed by atoms with Crippen molar-refractivity contribution in [1.82, 2.24) is 10.3 Å². The molecule has 1 saturated heterocycles. The molecule has 6 nitrogen and oxygen atoms in total. The number of hydrogen-bond acceptors (Lipinski definition) is 5. The van der Waals surface area contributed by atoms with Gasteiger partial charge in [0.2, 0.25) is 0 Å². The average Bonchev–Trinajstić information content (AvgIpc) is 2.93. The van der Waals surface area contributed by atoms with Crippen LogP contribution in [0.1, 0.15) is 23.7 Å². The van der Waals surface area contributed by atoms with Crippen LogP contribution < -0.4 is 16.0 Å². The normalized spacial score (nSPS) is 21.5. The third kappa shape index (κ3) is 3.93. The summed E-state index contributed by atoms with van der Waals surface area (Å²) in [6.45, 7) is 4.19. The van der Waals surface area contributed by atoms with Crippen molar-refractivity contribution in [3.05, 3.63) is 29.8 Å².